The molecular weight excluding hydrogens is 306 g/mol. The van der Waals surface area contributed by atoms with Crippen LogP contribution < -0.4 is 10.6 Å². The summed E-state index contributed by atoms with van der Waals surface area (Å²) in [6, 6.07) is 12.3. The maximum Gasteiger partial charge on any atom is 0.171 e. The molecule has 2 aromatic rings. The Balaban J connectivity index is 1.84. The van der Waals surface area contributed by atoms with Crippen LogP contribution in [0.25, 0.3) is 0 Å². The first kappa shape index (κ1) is 17.4. The normalized spacial score (nSPS) is 10.8. The van der Waals surface area contributed by atoms with Crippen LogP contribution in [0.15, 0.2) is 36.4 Å². The summed E-state index contributed by atoms with van der Waals surface area (Å²) in [5.74, 6) is 0.781. The van der Waals surface area contributed by atoms with Crippen LogP contribution in [-0.2, 0) is 6.54 Å². The Morgan fingerprint density at radius 3 is 2.70 bits per heavy atom. The Morgan fingerprint density at radius 2 is 2.00 bits per heavy atom. The third-order valence-electron chi connectivity index (χ3n) is 3.47. The molecular formula is C17H25N5S. The number of nitrogens with zero attached hydrogens (tertiary/aromatic N) is 3. The number of hydrogen-bond donors (Lipinski definition) is 2. The molecule has 0 spiro atoms. The van der Waals surface area contributed by atoms with Gasteiger partial charge in [-0.25, -0.2) is 0 Å². The molecule has 23 heavy (non-hydrogen) atoms. The second-order valence-corrected chi connectivity index (χ2v) is 6.26. The highest BCUT2D eigenvalue weighted by Gasteiger charge is 2.06. The van der Waals surface area contributed by atoms with E-state index in [1.807, 2.05) is 28.9 Å². The van der Waals surface area contributed by atoms with Gasteiger partial charge < -0.3 is 15.5 Å². The van der Waals surface area contributed by atoms with E-state index in [-0.39, 0.29) is 0 Å². The van der Waals surface area contributed by atoms with Crippen LogP contribution in [0.5, 0.6) is 0 Å². The van der Waals surface area contributed by atoms with Crippen LogP contribution in [0.2, 0.25) is 0 Å². The predicted molar refractivity (Wildman–Crippen MR) is 99.9 cm³/mol. The number of aromatic nitrogens is 2. The summed E-state index contributed by atoms with van der Waals surface area (Å²) in [5, 5.41) is 11.6. The van der Waals surface area contributed by atoms with Crippen molar-refractivity contribution in [3.05, 3.63) is 47.7 Å². The van der Waals surface area contributed by atoms with Crippen LogP contribution >= 0.6 is 12.2 Å². The van der Waals surface area contributed by atoms with Crippen molar-refractivity contribution >= 4 is 23.1 Å². The van der Waals surface area contributed by atoms with Gasteiger partial charge in [-0.1, -0.05) is 30.3 Å². The molecule has 0 radical (unpaired) electrons. The maximum atomic E-state index is 5.31. The number of anilines is 1. The summed E-state index contributed by atoms with van der Waals surface area (Å²) in [6.45, 7) is 4.71. The highest BCUT2D eigenvalue weighted by atomic mass is 32.1. The van der Waals surface area contributed by atoms with Crippen molar-refractivity contribution in [2.75, 3.05) is 32.5 Å². The van der Waals surface area contributed by atoms with E-state index in [1.165, 1.54) is 5.56 Å². The van der Waals surface area contributed by atoms with E-state index in [2.05, 4.69) is 53.8 Å². The van der Waals surface area contributed by atoms with Gasteiger partial charge in [0.15, 0.2) is 10.9 Å². The van der Waals surface area contributed by atoms with Crippen LogP contribution in [0.3, 0.4) is 0 Å². The van der Waals surface area contributed by atoms with Crippen molar-refractivity contribution in [1.82, 2.24) is 20.0 Å². The summed E-state index contributed by atoms with van der Waals surface area (Å²) in [7, 11) is 4.14. The van der Waals surface area contributed by atoms with Crippen molar-refractivity contribution in [2.45, 2.75) is 19.9 Å². The first-order chi connectivity index (χ1) is 11.0. The second kappa shape index (κ2) is 8.64. The average Bonchev–Trinajstić information content (AvgIpc) is 2.84. The summed E-state index contributed by atoms with van der Waals surface area (Å²) in [5.41, 5.74) is 2.33. The number of rotatable bonds is 7. The fraction of sp³-hybridized carbons (Fsp3) is 0.412. The van der Waals surface area contributed by atoms with E-state index in [0.717, 1.165) is 37.6 Å². The molecule has 2 N–H and O–H groups in total. The number of nitrogens with one attached hydrogen (secondary N) is 2. The molecule has 0 saturated heterocycles. The number of aryl methyl sites for hydroxylation is 1. The Hall–Kier alpha value is -1.92. The first-order valence-electron chi connectivity index (χ1n) is 7.82. The van der Waals surface area contributed by atoms with E-state index in [1.54, 1.807) is 0 Å². The zero-order valence-electron chi connectivity index (χ0n) is 14.0. The van der Waals surface area contributed by atoms with Gasteiger partial charge >= 0.3 is 0 Å². The SMILES string of the molecule is Cc1cc(NC(=S)NCCCN(C)C)nn1Cc1ccccc1. The average molecular weight is 331 g/mol. The largest absolute Gasteiger partial charge is 0.362 e. The van der Waals surface area contributed by atoms with E-state index in [4.69, 9.17) is 12.2 Å². The molecule has 1 aromatic carbocycles. The Morgan fingerprint density at radius 1 is 1.26 bits per heavy atom. The Kier molecular flexibility index (Phi) is 6.55. The molecule has 0 saturated carbocycles. The standard InChI is InChI=1S/C17H25N5S/c1-14-12-16(19-17(23)18-10-7-11-21(2)3)20-22(14)13-15-8-5-4-6-9-15/h4-6,8-9,12H,7,10-11,13H2,1-3H3,(H2,18,19,20,23). The molecule has 0 unspecified atom stereocenters. The highest BCUT2D eigenvalue weighted by molar-refractivity contribution is 7.80. The van der Waals surface area contributed by atoms with Crippen LogP contribution in [0.4, 0.5) is 5.82 Å². The third-order valence-corrected chi connectivity index (χ3v) is 3.71. The first-order valence-corrected chi connectivity index (χ1v) is 8.23. The van der Waals surface area contributed by atoms with Crippen molar-refractivity contribution in [3.8, 4) is 0 Å². The third kappa shape index (κ3) is 6.00. The van der Waals surface area contributed by atoms with Gasteiger partial charge in [-0.15, -0.1) is 0 Å². The minimum atomic E-state index is 0.619. The van der Waals surface area contributed by atoms with Gasteiger partial charge in [-0.05, 0) is 51.8 Å². The smallest absolute Gasteiger partial charge is 0.171 e. The summed E-state index contributed by atoms with van der Waals surface area (Å²) < 4.78 is 1.98. The summed E-state index contributed by atoms with van der Waals surface area (Å²) in [6.07, 6.45) is 1.05. The zero-order valence-corrected chi connectivity index (χ0v) is 14.9. The summed E-state index contributed by atoms with van der Waals surface area (Å²) >= 11 is 5.31. The molecule has 0 fully saturated rings. The van der Waals surface area contributed by atoms with Gasteiger partial charge in [0.05, 0.1) is 6.54 Å². The molecule has 0 atom stereocenters. The van der Waals surface area contributed by atoms with Gasteiger partial charge in [0.1, 0.15) is 0 Å². The van der Waals surface area contributed by atoms with Gasteiger partial charge in [-0.3, -0.25) is 4.68 Å². The number of benzene rings is 1. The molecule has 124 valence electrons. The van der Waals surface area contributed by atoms with Crippen molar-refractivity contribution in [2.24, 2.45) is 0 Å². The number of hydrogen-bond acceptors (Lipinski definition) is 3. The molecule has 6 heteroatoms. The molecule has 2 rings (SSSR count). The molecule has 1 heterocycles. The lowest BCUT2D eigenvalue weighted by Gasteiger charge is -2.11. The van der Waals surface area contributed by atoms with Gasteiger partial charge in [0.25, 0.3) is 0 Å². The minimum absolute atomic E-state index is 0.619. The van der Waals surface area contributed by atoms with Crippen molar-refractivity contribution in [3.63, 3.8) is 0 Å². The van der Waals surface area contributed by atoms with Gasteiger partial charge in [0, 0.05) is 18.3 Å². The molecule has 0 aliphatic rings. The van der Waals surface area contributed by atoms with Gasteiger partial charge in [-0.2, -0.15) is 5.10 Å². The molecule has 1 aromatic heterocycles. The highest BCUT2D eigenvalue weighted by Crippen LogP contribution is 2.11. The van der Waals surface area contributed by atoms with E-state index >= 15 is 0 Å². The monoisotopic (exact) mass is 331 g/mol. The van der Waals surface area contributed by atoms with Gasteiger partial charge in [0.2, 0.25) is 0 Å². The van der Waals surface area contributed by atoms with Crippen LogP contribution in [-0.4, -0.2) is 47.0 Å². The maximum absolute atomic E-state index is 5.31. The predicted octanol–water partition coefficient (Wildman–Crippen LogP) is 2.48. The van der Waals surface area contributed by atoms with E-state index in [9.17, 15) is 0 Å². The Bertz CT molecular complexity index is 621. The van der Waals surface area contributed by atoms with Crippen molar-refractivity contribution in [1.29, 1.82) is 0 Å². The second-order valence-electron chi connectivity index (χ2n) is 5.85. The topological polar surface area (TPSA) is 45.1 Å². The van der Waals surface area contributed by atoms with E-state index in [0.29, 0.717) is 5.11 Å². The molecule has 0 aliphatic carbocycles. The fourth-order valence-corrected chi connectivity index (χ4v) is 2.45. The quantitative estimate of drug-likeness (QED) is 0.603. The summed E-state index contributed by atoms with van der Waals surface area (Å²) in [4.78, 5) is 2.16. The number of thiocarbonyl (C=S) groups is 1. The molecule has 0 bridgehead atoms. The molecule has 0 aliphatic heterocycles. The zero-order chi connectivity index (χ0) is 16.7. The van der Waals surface area contributed by atoms with Crippen molar-refractivity contribution < 1.29 is 0 Å². The lowest BCUT2D eigenvalue weighted by Crippen LogP contribution is -2.31. The lowest BCUT2D eigenvalue weighted by molar-refractivity contribution is 0.400. The lowest BCUT2D eigenvalue weighted by atomic mass is 10.2. The van der Waals surface area contributed by atoms with Crippen LogP contribution in [0.1, 0.15) is 17.7 Å². The molecule has 5 nitrogen and oxygen atoms in total. The Labute approximate surface area is 143 Å². The fourth-order valence-electron chi connectivity index (χ4n) is 2.25. The minimum Gasteiger partial charge on any atom is -0.362 e. The van der Waals surface area contributed by atoms with E-state index < -0.39 is 0 Å². The molecule has 0 amide bonds. The van der Waals surface area contributed by atoms with Crippen LogP contribution in [0, 0.1) is 6.92 Å².